The van der Waals surface area contributed by atoms with E-state index in [1.807, 2.05) is 37.3 Å². The second-order valence-electron chi connectivity index (χ2n) is 10.5. The van der Waals surface area contributed by atoms with E-state index >= 15 is 0 Å². The third kappa shape index (κ3) is 14.9. The van der Waals surface area contributed by atoms with Crippen molar-refractivity contribution in [2.75, 3.05) is 13.2 Å². The first-order valence-electron chi connectivity index (χ1n) is 15.7. The summed E-state index contributed by atoms with van der Waals surface area (Å²) >= 11 is 0. The summed E-state index contributed by atoms with van der Waals surface area (Å²) in [6.45, 7) is 8.45. The van der Waals surface area contributed by atoms with Gasteiger partial charge in [-0.05, 0) is 49.6 Å². The second-order valence-corrected chi connectivity index (χ2v) is 10.5. The van der Waals surface area contributed by atoms with Crippen LogP contribution in [0.3, 0.4) is 0 Å². The molecule has 0 fully saturated rings. The van der Waals surface area contributed by atoms with Gasteiger partial charge in [-0.2, -0.15) is 0 Å². The Hall–Kier alpha value is -2.68. The maximum absolute atomic E-state index is 6.27. The largest absolute Gasteiger partial charge is 0.492 e. The lowest BCUT2D eigenvalue weighted by Crippen LogP contribution is -2.03. The summed E-state index contributed by atoms with van der Waals surface area (Å²) in [5.74, 6) is 13.9. The van der Waals surface area contributed by atoms with E-state index < -0.39 is 0 Å². The van der Waals surface area contributed by atoms with Crippen LogP contribution in [0.4, 0.5) is 0 Å². The van der Waals surface area contributed by atoms with Gasteiger partial charge in [-0.15, -0.1) is 5.92 Å². The van der Waals surface area contributed by atoms with Crippen molar-refractivity contribution in [3.05, 3.63) is 64.7 Å². The number of hydrogen-bond donors (Lipinski definition) is 0. The molecule has 0 N–H and O–H groups in total. The van der Waals surface area contributed by atoms with Gasteiger partial charge in [-0.1, -0.05) is 133 Å². The van der Waals surface area contributed by atoms with Crippen LogP contribution in [0.25, 0.3) is 0 Å². The van der Waals surface area contributed by atoms with Crippen molar-refractivity contribution in [2.45, 2.75) is 124 Å². The standard InChI is InChI=1S/C37H52O2/c1-4-7-9-11-13-15-17-22-29-39-37-31-34(27-26-33-24-19-18-20-25-33)36(30-35(37)23-6-3)32-38-28-21-16-14-12-10-8-5-2/h18-20,24-25,30-31H,4-5,7-17,21-22,28-29,32H2,1-3H3. The van der Waals surface area contributed by atoms with Gasteiger partial charge in [0.2, 0.25) is 0 Å². The summed E-state index contributed by atoms with van der Waals surface area (Å²) in [5, 5.41) is 0. The smallest absolute Gasteiger partial charge is 0.136 e. The van der Waals surface area contributed by atoms with E-state index in [2.05, 4.69) is 49.7 Å². The molecule has 0 aliphatic carbocycles. The molecule has 0 atom stereocenters. The second kappa shape index (κ2) is 22.2. The summed E-state index contributed by atoms with van der Waals surface area (Å²) in [4.78, 5) is 0. The van der Waals surface area contributed by atoms with E-state index in [4.69, 9.17) is 9.47 Å². The molecular weight excluding hydrogens is 476 g/mol. The molecule has 2 aromatic rings. The lowest BCUT2D eigenvalue weighted by Gasteiger charge is -2.13. The van der Waals surface area contributed by atoms with Gasteiger partial charge in [0, 0.05) is 17.7 Å². The Labute approximate surface area is 240 Å². The Balaban J connectivity index is 2.00. The molecule has 2 nitrogen and oxygen atoms in total. The molecule has 0 radical (unpaired) electrons. The monoisotopic (exact) mass is 528 g/mol. The van der Waals surface area contributed by atoms with Gasteiger partial charge in [-0.25, -0.2) is 0 Å². The number of ether oxygens (including phenoxy) is 2. The summed E-state index contributed by atoms with van der Waals surface area (Å²) in [6, 6.07) is 14.3. The summed E-state index contributed by atoms with van der Waals surface area (Å²) in [7, 11) is 0. The number of hydrogen-bond acceptors (Lipinski definition) is 2. The van der Waals surface area contributed by atoms with Gasteiger partial charge in [0.05, 0.1) is 18.8 Å². The minimum atomic E-state index is 0.547. The molecule has 0 unspecified atom stereocenters. The fraction of sp³-hybridized carbons (Fsp3) is 0.568. The maximum atomic E-state index is 6.27. The molecular formula is C37H52O2. The first-order chi connectivity index (χ1) is 19.3. The minimum Gasteiger partial charge on any atom is -0.492 e. The highest BCUT2D eigenvalue weighted by molar-refractivity contribution is 5.56. The molecule has 0 aliphatic rings. The fourth-order valence-corrected chi connectivity index (χ4v) is 4.63. The first-order valence-corrected chi connectivity index (χ1v) is 15.7. The van der Waals surface area contributed by atoms with Crippen molar-refractivity contribution in [3.63, 3.8) is 0 Å². The van der Waals surface area contributed by atoms with Crippen LogP contribution in [0.15, 0.2) is 42.5 Å². The van der Waals surface area contributed by atoms with Crippen molar-refractivity contribution >= 4 is 0 Å². The maximum Gasteiger partial charge on any atom is 0.136 e. The van der Waals surface area contributed by atoms with E-state index in [1.165, 1.54) is 83.5 Å². The highest BCUT2D eigenvalue weighted by Crippen LogP contribution is 2.25. The normalized spacial score (nSPS) is 10.4. The van der Waals surface area contributed by atoms with Gasteiger partial charge < -0.3 is 9.47 Å². The summed E-state index contributed by atoms with van der Waals surface area (Å²) < 4.78 is 12.4. The molecule has 2 heteroatoms. The topological polar surface area (TPSA) is 18.5 Å². The average Bonchev–Trinajstić information content (AvgIpc) is 2.96. The van der Waals surface area contributed by atoms with Crippen LogP contribution in [0.5, 0.6) is 5.75 Å². The predicted octanol–water partition coefficient (Wildman–Crippen LogP) is 10.2. The fourth-order valence-electron chi connectivity index (χ4n) is 4.63. The van der Waals surface area contributed by atoms with E-state index in [1.54, 1.807) is 0 Å². The molecule has 2 rings (SSSR count). The molecule has 0 saturated carbocycles. The average molecular weight is 529 g/mol. The zero-order chi connectivity index (χ0) is 27.8. The number of rotatable bonds is 20. The van der Waals surface area contributed by atoms with Crippen LogP contribution < -0.4 is 4.74 Å². The number of benzene rings is 2. The van der Waals surface area contributed by atoms with Crippen molar-refractivity contribution in [1.82, 2.24) is 0 Å². The third-order valence-electron chi connectivity index (χ3n) is 6.99. The zero-order valence-corrected chi connectivity index (χ0v) is 25.1. The quantitative estimate of drug-likeness (QED) is 0.126. The SMILES string of the molecule is CC#Cc1cc(COCCCCCCCCC)c(C#Cc2ccccc2)cc1OCCCCCCCCCC. The van der Waals surface area contributed by atoms with Crippen LogP contribution >= 0.6 is 0 Å². The summed E-state index contributed by atoms with van der Waals surface area (Å²) in [5.41, 5.74) is 3.98. The third-order valence-corrected chi connectivity index (χ3v) is 6.99. The molecule has 0 heterocycles. The molecule has 2 aromatic carbocycles. The van der Waals surface area contributed by atoms with Gasteiger partial charge >= 0.3 is 0 Å². The van der Waals surface area contributed by atoms with Crippen LogP contribution in [0, 0.1) is 23.7 Å². The Morgan fingerprint density at radius 2 is 1.18 bits per heavy atom. The van der Waals surface area contributed by atoms with Crippen molar-refractivity contribution in [3.8, 4) is 29.4 Å². The lowest BCUT2D eigenvalue weighted by atomic mass is 10.0. The van der Waals surface area contributed by atoms with Crippen LogP contribution in [0.1, 0.15) is 139 Å². The molecule has 0 amide bonds. The minimum absolute atomic E-state index is 0.547. The molecule has 39 heavy (non-hydrogen) atoms. The van der Waals surface area contributed by atoms with E-state index in [0.717, 1.165) is 47.5 Å². The molecule has 212 valence electrons. The number of unbranched alkanes of at least 4 members (excludes halogenated alkanes) is 13. The van der Waals surface area contributed by atoms with Gasteiger partial charge in [0.1, 0.15) is 5.75 Å². The molecule has 0 aromatic heterocycles. The summed E-state index contributed by atoms with van der Waals surface area (Å²) in [6.07, 6.45) is 19.3. The van der Waals surface area contributed by atoms with Crippen molar-refractivity contribution in [2.24, 2.45) is 0 Å². The molecule has 0 saturated heterocycles. The molecule has 0 spiro atoms. The molecule has 0 aliphatic heterocycles. The van der Waals surface area contributed by atoms with Gasteiger partial charge in [-0.3, -0.25) is 0 Å². The first kappa shape index (κ1) is 32.5. The van der Waals surface area contributed by atoms with E-state index in [-0.39, 0.29) is 0 Å². The van der Waals surface area contributed by atoms with Gasteiger partial charge in [0.25, 0.3) is 0 Å². The lowest BCUT2D eigenvalue weighted by molar-refractivity contribution is 0.116. The van der Waals surface area contributed by atoms with Crippen LogP contribution in [-0.2, 0) is 11.3 Å². The highest BCUT2D eigenvalue weighted by Gasteiger charge is 2.10. The Kier molecular flexibility index (Phi) is 18.5. The van der Waals surface area contributed by atoms with Gasteiger partial charge in [0.15, 0.2) is 0 Å². The van der Waals surface area contributed by atoms with Crippen LogP contribution in [0.2, 0.25) is 0 Å². The van der Waals surface area contributed by atoms with Crippen molar-refractivity contribution in [1.29, 1.82) is 0 Å². The van der Waals surface area contributed by atoms with E-state index in [9.17, 15) is 0 Å². The van der Waals surface area contributed by atoms with Crippen LogP contribution in [-0.4, -0.2) is 13.2 Å². The Morgan fingerprint density at radius 3 is 1.79 bits per heavy atom. The van der Waals surface area contributed by atoms with E-state index in [0.29, 0.717) is 13.2 Å². The molecule has 0 bridgehead atoms. The Morgan fingerprint density at radius 1 is 0.590 bits per heavy atom. The predicted molar refractivity (Wildman–Crippen MR) is 167 cm³/mol. The van der Waals surface area contributed by atoms with Crippen molar-refractivity contribution < 1.29 is 9.47 Å². The Bertz CT molecular complexity index is 1020. The highest BCUT2D eigenvalue weighted by atomic mass is 16.5. The zero-order valence-electron chi connectivity index (χ0n) is 25.1.